The fraction of sp³-hybridized carbons (Fsp3) is 0.655. The third-order valence-electron chi connectivity index (χ3n) is 7.32. The summed E-state index contributed by atoms with van der Waals surface area (Å²) in [5.74, 6) is 10.1. The third-order valence-corrected chi connectivity index (χ3v) is 7.32. The Bertz CT molecular complexity index is 652. The van der Waals surface area contributed by atoms with Crippen molar-refractivity contribution in [2.45, 2.75) is 103 Å². The molecule has 0 unspecified atom stereocenters. The molecule has 0 radical (unpaired) electrons. The second-order valence-electron chi connectivity index (χ2n) is 9.61. The summed E-state index contributed by atoms with van der Waals surface area (Å²) in [6.07, 6.45) is 21.9. The van der Waals surface area contributed by atoms with E-state index in [0.717, 1.165) is 17.8 Å². The van der Waals surface area contributed by atoms with Crippen LogP contribution in [0.4, 0.5) is 0 Å². The molecule has 2 aliphatic carbocycles. The molecule has 2 fully saturated rings. The van der Waals surface area contributed by atoms with E-state index in [1.165, 1.54) is 89.0 Å². The topological polar surface area (TPSA) is 0 Å². The van der Waals surface area contributed by atoms with Gasteiger partial charge in [-0.05, 0) is 99.2 Å². The molecule has 0 heteroatoms. The first-order valence-electron chi connectivity index (χ1n) is 12.5. The molecule has 158 valence electrons. The van der Waals surface area contributed by atoms with E-state index in [1.54, 1.807) is 5.56 Å². The SMILES string of the molecule is CCCCc1ccc([C@H]2CC[C@H](C#CC=C[C@H]3CC[C@H](CCC)CC3)CC2)cc1. The van der Waals surface area contributed by atoms with Crippen LogP contribution in [0.2, 0.25) is 0 Å². The van der Waals surface area contributed by atoms with Crippen molar-refractivity contribution in [2.24, 2.45) is 17.8 Å². The molecule has 3 rings (SSSR count). The molecule has 0 heterocycles. The largest absolute Gasteiger partial charge is 0.0951 e. The Morgan fingerprint density at radius 2 is 1.59 bits per heavy atom. The van der Waals surface area contributed by atoms with Gasteiger partial charge in [0.1, 0.15) is 0 Å². The molecule has 0 bridgehead atoms. The maximum absolute atomic E-state index is 3.56. The Morgan fingerprint density at radius 3 is 2.24 bits per heavy atom. The highest BCUT2D eigenvalue weighted by molar-refractivity contribution is 5.26. The summed E-state index contributed by atoms with van der Waals surface area (Å²) in [6, 6.07) is 9.49. The molecule has 0 atom stereocenters. The summed E-state index contributed by atoms with van der Waals surface area (Å²) in [5, 5.41) is 0. The number of hydrogen-bond donors (Lipinski definition) is 0. The smallest absolute Gasteiger partial charge is 0.0206 e. The van der Waals surface area contributed by atoms with Crippen molar-refractivity contribution in [1.29, 1.82) is 0 Å². The summed E-state index contributed by atoms with van der Waals surface area (Å²) in [6.45, 7) is 4.59. The van der Waals surface area contributed by atoms with Gasteiger partial charge in [0.2, 0.25) is 0 Å². The van der Waals surface area contributed by atoms with Crippen molar-refractivity contribution >= 4 is 0 Å². The number of hydrogen-bond acceptors (Lipinski definition) is 0. The molecular formula is C29H42. The lowest BCUT2D eigenvalue weighted by Gasteiger charge is -2.26. The monoisotopic (exact) mass is 390 g/mol. The molecular weight excluding hydrogens is 348 g/mol. The van der Waals surface area contributed by atoms with Crippen molar-refractivity contribution < 1.29 is 0 Å². The quantitative estimate of drug-likeness (QED) is 0.409. The molecule has 1 aromatic rings. The van der Waals surface area contributed by atoms with Gasteiger partial charge in [0.15, 0.2) is 0 Å². The molecule has 0 saturated heterocycles. The molecule has 0 spiro atoms. The third kappa shape index (κ3) is 7.37. The van der Waals surface area contributed by atoms with Crippen LogP contribution in [0.25, 0.3) is 0 Å². The second-order valence-corrected chi connectivity index (χ2v) is 9.61. The zero-order chi connectivity index (χ0) is 20.3. The predicted octanol–water partition coefficient (Wildman–Crippen LogP) is 8.47. The normalized spacial score (nSPS) is 27.5. The first-order chi connectivity index (χ1) is 14.3. The Kier molecular flexibility index (Phi) is 9.40. The standard InChI is InChI=1S/C29H42/c1-3-5-9-25-16-20-28(21-17-25)29-22-18-27(19-23-29)11-7-6-10-26-14-12-24(8-4-2)13-15-26/h6,10,16-17,20-21,24,26-27,29H,3-5,8-9,12-15,18-19,22-23H2,1-2H3/t24-,26-,27-,29-. The fourth-order valence-corrected chi connectivity index (χ4v) is 5.34. The molecule has 0 amide bonds. The van der Waals surface area contributed by atoms with E-state index < -0.39 is 0 Å². The minimum absolute atomic E-state index is 0.611. The van der Waals surface area contributed by atoms with Crippen LogP contribution in [0.5, 0.6) is 0 Å². The van der Waals surface area contributed by atoms with Gasteiger partial charge in [-0.2, -0.15) is 0 Å². The van der Waals surface area contributed by atoms with Crippen molar-refractivity contribution in [3.63, 3.8) is 0 Å². The molecule has 2 aliphatic rings. The highest BCUT2D eigenvalue weighted by Gasteiger charge is 2.21. The van der Waals surface area contributed by atoms with Crippen LogP contribution in [0.3, 0.4) is 0 Å². The van der Waals surface area contributed by atoms with E-state index in [0.29, 0.717) is 5.92 Å². The van der Waals surface area contributed by atoms with E-state index in [-0.39, 0.29) is 0 Å². The van der Waals surface area contributed by atoms with Crippen molar-refractivity contribution in [2.75, 3.05) is 0 Å². The summed E-state index contributed by atoms with van der Waals surface area (Å²) >= 11 is 0. The van der Waals surface area contributed by atoms with Crippen LogP contribution >= 0.6 is 0 Å². The van der Waals surface area contributed by atoms with Crippen LogP contribution < -0.4 is 0 Å². The summed E-state index contributed by atoms with van der Waals surface area (Å²) < 4.78 is 0. The van der Waals surface area contributed by atoms with Crippen molar-refractivity contribution in [3.8, 4) is 11.8 Å². The van der Waals surface area contributed by atoms with Crippen LogP contribution in [0, 0.1) is 29.6 Å². The van der Waals surface area contributed by atoms with Gasteiger partial charge < -0.3 is 0 Å². The van der Waals surface area contributed by atoms with Gasteiger partial charge in [0.05, 0.1) is 0 Å². The number of benzene rings is 1. The van der Waals surface area contributed by atoms with E-state index in [9.17, 15) is 0 Å². The number of unbranched alkanes of at least 4 members (excludes halogenated alkanes) is 1. The fourth-order valence-electron chi connectivity index (χ4n) is 5.34. The maximum Gasteiger partial charge on any atom is 0.0206 e. The van der Waals surface area contributed by atoms with Gasteiger partial charge in [-0.25, -0.2) is 0 Å². The highest BCUT2D eigenvalue weighted by Crippen LogP contribution is 2.36. The maximum atomic E-state index is 3.56. The Balaban J connectivity index is 1.38. The number of rotatable bonds is 7. The average Bonchev–Trinajstić information content (AvgIpc) is 2.77. The number of aryl methyl sites for hydroxylation is 1. The average molecular weight is 391 g/mol. The van der Waals surface area contributed by atoms with Crippen LogP contribution in [-0.4, -0.2) is 0 Å². The van der Waals surface area contributed by atoms with E-state index in [1.807, 2.05) is 0 Å². The molecule has 0 aliphatic heterocycles. The lowest BCUT2D eigenvalue weighted by Crippen LogP contribution is -2.12. The van der Waals surface area contributed by atoms with E-state index >= 15 is 0 Å². The zero-order valence-corrected chi connectivity index (χ0v) is 19.0. The van der Waals surface area contributed by atoms with Crippen LogP contribution in [0.15, 0.2) is 36.4 Å². The summed E-state index contributed by atoms with van der Waals surface area (Å²) in [4.78, 5) is 0. The molecule has 2 saturated carbocycles. The van der Waals surface area contributed by atoms with Crippen LogP contribution in [0.1, 0.15) is 108 Å². The predicted molar refractivity (Wildman–Crippen MR) is 127 cm³/mol. The van der Waals surface area contributed by atoms with Crippen LogP contribution in [-0.2, 0) is 6.42 Å². The van der Waals surface area contributed by atoms with Gasteiger partial charge in [-0.1, -0.05) is 75.3 Å². The molecule has 29 heavy (non-hydrogen) atoms. The van der Waals surface area contributed by atoms with Crippen molar-refractivity contribution in [3.05, 3.63) is 47.5 Å². The molecule has 0 nitrogen and oxygen atoms in total. The Labute approximate surface area is 180 Å². The lowest BCUT2D eigenvalue weighted by molar-refractivity contribution is 0.294. The minimum atomic E-state index is 0.611. The van der Waals surface area contributed by atoms with Gasteiger partial charge in [0.25, 0.3) is 0 Å². The number of allylic oxidation sites excluding steroid dienone is 2. The van der Waals surface area contributed by atoms with E-state index in [2.05, 4.69) is 62.1 Å². The van der Waals surface area contributed by atoms with Crippen molar-refractivity contribution in [1.82, 2.24) is 0 Å². The first kappa shape index (κ1) is 22.2. The summed E-state index contributed by atoms with van der Waals surface area (Å²) in [7, 11) is 0. The minimum Gasteiger partial charge on any atom is -0.0951 e. The molecule has 0 aromatic heterocycles. The lowest BCUT2D eigenvalue weighted by atomic mass is 9.78. The molecule has 0 N–H and O–H groups in total. The van der Waals surface area contributed by atoms with E-state index in [4.69, 9.17) is 0 Å². The molecule has 1 aromatic carbocycles. The van der Waals surface area contributed by atoms with Gasteiger partial charge >= 0.3 is 0 Å². The van der Waals surface area contributed by atoms with Gasteiger partial charge in [0, 0.05) is 5.92 Å². The van der Waals surface area contributed by atoms with Gasteiger partial charge in [-0.15, -0.1) is 0 Å². The summed E-state index contributed by atoms with van der Waals surface area (Å²) in [5.41, 5.74) is 3.05. The highest BCUT2D eigenvalue weighted by atomic mass is 14.3. The Hall–Kier alpha value is -1.48. The second kappa shape index (κ2) is 12.3. The Morgan fingerprint density at radius 1 is 0.862 bits per heavy atom. The zero-order valence-electron chi connectivity index (χ0n) is 19.0. The van der Waals surface area contributed by atoms with Gasteiger partial charge in [-0.3, -0.25) is 0 Å². The first-order valence-corrected chi connectivity index (χ1v) is 12.5.